The molecule has 0 unspecified atom stereocenters. The number of hydrogen-bond donors (Lipinski definition) is 2. The molecule has 1 amide bonds. The molecule has 9 heteroatoms. The Bertz CT molecular complexity index is 1040. The van der Waals surface area contributed by atoms with Crippen molar-refractivity contribution in [3.8, 4) is 5.95 Å². The molecule has 150 valence electrons. The molecule has 9 nitrogen and oxygen atoms in total. The van der Waals surface area contributed by atoms with Crippen LogP contribution in [0.15, 0.2) is 36.5 Å². The second kappa shape index (κ2) is 8.51. The summed E-state index contributed by atoms with van der Waals surface area (Å²) in [7, 11) is 0. The zero-order chi connectivity index (χ0) is 21.0. The summed E-state index contributed by atoms with van der Waals surface area (Å²) in [6, 6.07) is 8.95. The number of aryl methyl sites for hydroxylation is 2. The number of rotatable bonds is 6. The SMILES string of the molecule is CCOC(=O)c1cnc(-n2nc(C)cc2C)nc1Nc1ccc(NC(C)=O)cc1. The molecule has 2 heterocycles. The zero-order valence-corrected chi connectivity index (χ0v) is 16.7. The van der Waals surface area contributed by atoms with E-state index in [4.69, 9.17) is 4.74 Å². The van der Waals surface area contributed by atoms with E-state index in [0.29, 0.717) is 23.1 Å². The topological polar surface area (TPSA) is 111 Å². The van der Waals surface area contributed by atoms with Crippen molar-refractivity contribution >= 4 is 29.1 Å². The van der Waals surface area contributed by atoms with E-state index >= 15 is 0 Å². The van der Waals surface area contributed by atoms with Gasteiger partial charge in [0.05, 0.1) is 12.3 Å². The monoisotopic (exact) mass is 394 g/mol. The summed E-state index contributed by atoms with van der Waals surface area (Å²) >= 11 is 0. The van der Waals surface area contributed by atoms with Gasteiger partial charge in [0.15, 0.2) is 5.82 Å². The molecular weight excluding hydrogens is 372 g/mol. The number of benzene rings is 1. The van der Waals surface area contributed by atoms with Gasteiger partial charge in [0, 0.05) is 30.2 Å². The average Bonchev–Trinajstić information content (AvgIpc) is 3.01. The van der Waals surface area contributed by atoms with Crippen LogP contribution in [-0.2, 0) is 9.53 Å². The van der Waals surface area contributed by atoms with Crippen molar-refractivity contribution in [1.82, 2.24) is 19.7 Å². The summed E-state index contributed by atoms with van der Waals surface area (Å²) in [4.78, 5) is 32.3. The number of ether oxygens (including phenoxy) is 1. The molecule has 3 aromatic rings. The van der Waals surface area contributed by atoms with Crippen molar-refractivity contribution in [2.24, 2.45) is 0 Å². The number of hydrogen-bond acceptors (Lipinski definition) is 7. The lowest BCUT2D eigenvalue weighted by Crippen LogP contribution is -2.13. The molecule has 0 aliphatic carbocycles. The van der Waals surface area contributed by atoms with E-state index < -0.39 is 5.97 Å². The fraction of sp³-hybridized carbons (Fsp3) is 0.250. The van der Waals surface area contributed by atoms with Crippen molar-refractivity contribution in [3.05, 3.63) is 53.5 Å². The lowest BCUT2D eigenvalue weighted by Gasteiger charge is -2.12. The Morgan fingerprint density at radius 3 is 2.41 bits per heavy atom. The first-order chi connectivity index (χ1) is 13.9. The Morgan fingerprint density at radius 1 is 1.14 bits per heavy atom. The van der Waals surface area contributed by atoms with Crippen LogP contribution in [0.4, 0.5) is 17.2 Å². The number of carbonyl (C=O) groups is 2. The maximum absolute atomic E-state index is 12.3. The predicted molar refractivity (Wildman–Crippen MR) is 109 cm³/mol. The van der Waals surface area contributed by atoms with E-state index in [-0.39, 0.29) is 18.1 Å². The van der Waals surface area contributed by atoms with Crippen LogP contribution < -0.4 is 10.6 Å². The van der Waals surface area contributed by atoms with Gasteiger partial charge < -0.3 is 15.4 Å². The first kappa shape index (κ1) is 20.0. The smallest absolute Gasteiger partial charge is 0.343 e. The van der Waals surface area contributed by atoms with E-state index in [1.807, 2.05) is 19.9 Å². The molecule has 0 aliphatic rings. The maximum Gasteiger partial charge on any atom is 0.343 e. The van der Waals surface area contributed by atoms with E-state index in [9.17, 15) is 9.59 Å². The van der Waals surface area contributed by atoms with Crippen LogP contribution in [0.2, 0.25) is 0 Å². The van der Waals surface area contributed by atoms with Crippen LogP contribution in [0.25, 0.3) is 5.95 Å². The minimum Gasteiger partial charge on any atom is -0.462 e. The second-order valence-corrected chi connectivity index (χ2v) is 6.38. The summed E-state index contributed by atoms with van der Waals surface area (Å²) in [6.45, 7) is 7.20. The minimum atomic E-state index is -0.523. The zero-order valence-electron chi connectivity index (χ0n) is 16.7. The fourth-order valence-corrected chi connectivity index (χ4v) is 2.74. The van der Waals surface area contributed by atoms with Crippen molar-refractivity contribution in [2.75, 3.05) is 17.2 Å². The standard InChI is InChI=1S/C20H22N6O3/c1-5-29-19(28)17-11-21-20(26-13(3)10-12(2)25-26)24-18(17)23-16-8-6-15(7-9-16)22-14(4)27/h6-11H,5H2,1-4H3,(H,22,27)(H,21,23,24). The third kappa shape index (κ3) is 4.75. The Kier molecular flexibility index (Phi) is 5.87. The Balaban J connectivity index is 1.97. The molecule has 1 aromatic carbocycles. The number of nitrogens with one attached hydrogen (secondary N) is 2. The van der Waals surface area contributed by atoms with Gasteiger partial charge in [0.2, 0.25) is 5.91 Å². The van der Waals surface area contributed by atoms with Gasteiger partial charge in [-0.3, -0.25) is 4.79 Å². The predicted octanol–water partition coefficient (Wildman–Crippen LogP) is 3.16. The van der Waals surface area contributed by atoms with E-state index in [0.717, 1.165) is 11.4 Å². The van der Waals surface area contributed by atoms with Gasteiger partial charge in [0.25, 0.3) is 5.95 Å². The molecule has 3 rings (SSSR count). The molecule has 0 saturated heterocycles. The summed E-state index contributed by atoms with van der Waals surface area (Å²) in [5, 5.41) is 10.2. The lowest BCUT2D eigenvalue weighted by molar-refractivity contribution is -0.114. The van der Waals surface area contributed by atoms with Crippen LogP contribution in [0, 0.1) is 13.8 Å². The highest BCUT2D eigenvalue weighted by atomic mass is 16.5. The van der Waals surface area contributed by atoms with Crippen LogP contribution in [-0.4, -0.2) is 38.2 Å². The molecule has 0 saturated carbocycles. The molecule has 2 aromatic heterocycles. The first-order valence-corrected chi connectivity index (χ1v) is 9.10. The van der Waals surface area contributed by atoms with Crippen LogP contribution in [0.3, 0.4) is 0 Å². The Hall–Kier alpha value is -3.75. The molecule has 0 bridgehead atoms. The van der Waals surface area contributed by atoms with Crippen LogP contribution >= 0.6 is 0 Å². The minimum absolute atomic E-state index is 0.152. The molecule has 0 atom stereocenters. The second-order valence-electron chi connectivity index (χ2n) is 6.38. The van der Waals surface area contributed by atoms with Gasteiger partial charge in [-0.2, -0.15) is 10.1 Å². The highest BCUT2D eigenvalue weighted by Gasteiger charge is 2.18. The van der Waals surface area contributed by atoms with Crippen molar-refractivity contribution in [2.45, 2.75) is 27.7 Å². The van der Waals surface area contributed by atoms with Gasteiger partial charge in [-0.1, -0.05) is 0 Å². The third-order valence-corrected chi connectivity index (χ3v) is 3.94. The van der Waals surface area contributed by atoms with Gasteiger partial charge in [0.1, 0.15) is 5.56 Å². The molecule has 0 spiro atoms. The van der Waals surface area contributed by atoms with Crippen molar-refractivity contribution in [3.63, 3.8) is 0 Å². The summed E-state index contributed by atoms with van der Waals surface area (Å²) in [6.07, 6.45) is 1.42. The van der Waals surface area contributed by atoms with Gasteiger partial charge >= 0.3 is 5.97 Å². The number of aromatic nitrogens is 4. The van der Waals surface area contributed by atoms with Crippen molar-refractivity contribution in [1.29, 1.82) is 0 Å². The van der Waals surface area contributed by atoms with Gasteiger partial charge in [-0.15, -0.1) is 0 Å². The number of amides is 1. The van der Waals surface area contributed by atoms with E-state index in [1.165, 1.54) is 13.1 Å². The van der Waals surface area contributed by atoms with E-state index in [2.05, 4.69) is 25.7 Å². The number of carbonyl (C=O) groups excluding carboxylic acids is 2. The number of anilines is 3. The van der Waals surface area contributed by atoms with Crippen LogP contribution in [0.1, 0.15) is 35.6 Å². The molecule has 0 fully saturated rings. The average molecular weight is 394 g/mol. The molecule has 0 aliphatic heterocycles. The van der Waals surface area contributed by atoms with E-state index in [1.54, 1.807) is 35.9 Å². The highest BCUT2D eigenvalue weighted by Crippen LogP contribution is 2.22. The third-order valence-electron chi connectivity index (χ3n) is 3.94. The number of esters is 1. The maximum atomic E-state index is 12.3. The fourth-order valence-electron chi connectivity index (χ4n) is 2.74. The summed E-state index contributed by atoms with van der Waals surface area (Å²) in [5.41, 5.74) is 3.27. The van der Waals surface area contributed by atoms with Gasteiger partial charge in [-0.25, -0.2) is 14.5 Å². The largest absolute Gasteiger partial charge is 0.462 e. The summed E-state index contributed by atoms with van der Waals surface area (Å²) in [5.74, 6) is -0.0419. The van der Waals surface area contributed by atoms with Crippen LogP contribution in [0.5, 0.6) is 0 Å². The molecular formula is C20H22N6O3. The lowest BCUT2D eigenvalue weighted by atomic mass is 10.2. The number of nitrogens with zero attached hydrogens (tertiary/aromatic N) is 4. The molecule has 29 heavy (non-hydrogen) atoms. The van der Waals surface area contributed by atoms with Gasteiger partial charge in [-0.05, 0) is 51.1 Å². The first-order valence-electron chi connectivity index (χ1n) is 9.10. The Labute approximate surface area is 168 Å². The molecule has 0 radical (unpaired) electrons. The Morgan fingerprint density at radius 2 is 1.83 bits per heavy atom. The normalized spacial score (nSPS) is 10.5. The molecule has 2 N–H and O–H groups in total. The quantitative estimate of drug-likeness (QED) is 0.618. The summed E-state index contributed by atoms with van der Waals surface area (Å²) < 4.78 is 6.72. The van der Waals surface area contributed by atoms with Crippen molar-refractivity contribution < 1.29 is 14.3 Å². The highest BCUT2D eigenvalue weighted by molar-refractivity contribution is 5.95.